The number of thioether (sulfide) groups is 1. The van der Waals surface area contributed by atoms with Gasteiger partial charge in [-0.25, -0.2) is 4.39 Å². The molecular formula is C22H23FN2OS2. The number of rotatable bonds is 6. The fraction of sp³-hybridized carbons (Fsp3) is 0.318. The summed E-state index contributed by atoms with van der Waals surface area (Å²) in [5.74, 6) is -0.259. The second-order valence-electron chi connectivity index (χ2n) is 6.69. The van der Waals surface area contributed by atoms with Crippen molar-refractivity contribution in [3.8, 4) is 0 Å². The summed E-state index contributed by atoms with van der Waals surface area (Å²) in [6, 6.07) is 10.3. The maximum absolute atomic E-state index is 12.9. The van der Waals surface area contributed by atoms with Gasteiger partial charge in [-0.3, -0.25) is 4.98 Å². The summed E-state index contributed by atoms with van der Waals surface area (Å²) in [5.41, 5.74) is 2.97. The average molecular weight is 415 g/mol. The maximum atomic E-state index is 12.9. The van der Waals surface area contributed by atoms with Gasteiger partial charge in [-0.2, -0.15) is 0 Å². The third-order valence-electron chi connectivity index (χ3n) is 5.04. The first-order valence-corrected chi connectivity index (χ1v) is 10.9. The predicted octanol–water partition coefficient (Wildman–Crippen LogP) is 5.85. The van der Waals surface area contributed by atoms with Gasteiger partial charge >= 0.3 is 0 Å². The molecule has 0 bridgehead atoms. The number of oxime groups is 1. The normalized spacial score (nSPS) is 21.1. The van der Waals surface area contributed by atoms with E-state index in [1.54, 1.807) is 36.3 Å². The molecule has 0 N–H and O–H groups in total. The van der Waals surface area contributed by atoms with Gasteiger partial charge in [0.05, 0.1) is 15.8 Å². The molecule has 3 nitrogen and oxygen atoms in total. The lowest BCUT2D eigenvalue weighted by Crippen LogP contribution is -2.37. The summed E-state index contributed by atoms with van der Waals surface area (Å²) in [4.78, 5) is 9.69. The molecule has 146 valence electrons. The van der Waals surface area contributed by atoms with E-state index in [4.69, 9.17) is 17.1 Å². The van der Waals surface area contributed by atoms with Gasteiger partial charge in [0.2, 0.25) is 0 Å². The zero-order valence-electron chi connectivity index (χ0n) is 15.8. The number of hydrogen-bond acceptors (Lipinski definition) is 5. The third kappa shape index (κ3) is 4.67. The van der Waals surface area contributed by atoms with Crippen LogP contribution < -0.4 is 0 Å². The van der Waals surface area contributed by atoms with Gasteiger partial charge < -0.3 is 4.84 Å². The highest BCUT2D eigenvalue weighted by Crippen LogP contribution is 2.46. The van der Waals surface area contributed by atoms with Gasteiger partial charge in [0.15, 0.2) is 0 Å². The van der Waals surface area contributed by atoms with E-state index in [0.717, 1.165) is 41.0 Å². The number of hydrogen-bond donors (Lipinski definition) is 0. The van der Waals surface area contributed by atoms with Crippen LogP contribution in [0.1, 0.15) is 36.8 Å². The van der Waals surface area contributed by atoms with Crippen LogP contribution in [0, 0.1) is 5.82 Å². The van der Waals surface area contributed by atoms with E-state index >= 15 is 0 Å². The second-order valence-corrected chi connectivity index (χ2v) is 8.18. The Balaban J connectivity index is 1.78. The summed E-state index contributed by atoms with van der Waals surface area (Å²) < 4.78 is 13.9. The smallest absolute Gasteiger partial charge is 0.142 e. The van der Waals surface area contributed by atoms with Crippen molar-refractivity contribution >= 4 is 34.4 Å². The van der Waals surface area contributed by atoms with Gasteiger partial charge in [0, 0.05) is 12.4 Å². The fourth-order valence-corrected chi connectivity index (χ4v) is 4.68. The third-order valence-corrected chi connectivity index (χ3v) is 6.61. The van der Waals surface area contributed by atoms with Gasteiger partial charge in [-0.1, -0.05) is 47.6 Å². The summed E-state index contributed by atoms with van der Waals surface area (Å²) in [6.07, 6.45) is 13.7. The number of thiocarbonyl (C=S) groups is 1. The molecule has 1 atom stereocenters. The van der Waals surface area contributed by atoms with Crippen LogP contribution in [0.3, 0.4) is 0 Å². The van der Waals surface area contributed by atoms with Gasteiger partial charge in [-0.05, 0) is 60.9 Å². The number of pyridine rings is 1. The molecule has 1 fully saturated rings. The molecule has 0 radical (unpaired) electrons. The summed E-state index contributed by atoms with van der Waals surface area (Å²) in [5, 5.41) is 4.07. The molecule has 28 heavy (non-hydrogen) atoms. The molecule has 1 aromatic carbocycles. The average Bonchev–Trinajstić information content (AvgIpc) is 2.75. The SMILES string of the molecule is CSC(=S)C1(c2cccnc2)CCCC/C1=C\C=N\OCc1ccc(F)cc1. The van der Waals surface area contributed by atoms with Gasteiger partial charge in [0.25, 0.3) is 0 Å². The van der Waals surface area contributed by atoms with Crippen LogP contribution in [0.25, 0.3) is 0 Å². The van der Waals surface area contributed by atoms with E-state index in [9.17, 15) is 4.39 Å². The van der Waals surface area contributed by atoms with Crippen LogP contribution in [0.2, 0.25) is 0 Å². The molecule has 0 aliphatic heterocycles. The highest BCUT2D eigenvalue weighted by Gasteiger charge is 2.41. The Morgan fingerprint density at radius 2 is 2.14 bits per heavy atom. The maximum Gasteiger partial charge on any atom is 0.142 e. The van der Waals surface area contributed by atoms with Crippen LogP contribution in [0.5, 0.6) is 0 Å². The van der Waals surface area contributed by atoms with Crippen molar-refractivity contribution in [2.45, 2.75) is 37.7 Å². The molecule has 0 amide bonds. The second kappa shape index (κ2) is 9.94. The summed E-state index contributed by atoms with van der Waals surface area (Å²) in [7, 11) is 0. The Bertz CT molecular complexity index is 853. The lowest BCUT2D eigenvalue weighted by atomic mass is 9.67. The van der Waals surface area contributed by atoms with Crippen LogP contribution in [0.15, 0.2) is 65.6 Å². The molecule has 1 aromatic heterocycles. The van der Waals surface area contributed by atoms with Gasteiger partial charge in [-0.15, -0.1) is 11.8 Å². The monoisotopic (exact) mass is 414 g/mol. The van der Waals surface area contributed by atoms with Crippen molar-refractivity contribution < 1.29 is 9.23 Å². The van der Waals surface area contributed by atoms with E-state index in [1.165, 1.54) is 17.7 Å². The zero-order valence-corrected chi connectivity index (χ0v) is 17.4. The lowest BCUT2D eigenvalue weighted by molar-refractivity contribution is 0.132. The molecule has 1 unspecified atom stereocenters. The lowest BCUT2D eigenvalue weighted by Gasteiger charge is -2.40. The first-order chi connectivity index (χ1) is 13.7. The molecule has 1 aliphatic carbocycles. The highest BCUT2D eigenvalue weighted by molar-refractivity contribution is 8.22. The zero-order chi connectivity index (χ0) is 19.8. The number of aromatic nitrogens is 1. The van der Waals surface area contributed by atoms with E-state index in [1.807, 2.05) is 24.6 Å². The largest absolute Gasteiger partial charge is 0.391 e. The van der Waals surface area contributed by atoms with Crippen molar-refractivity contribution in [3.05, 3.63) is 77.4 Å². The van der Waals surface area contributed by atoms with Crippen molar-refractivity contribution in [1.82, 2.24) is 4.98 Å². The van der Waals surface area contributed by atoms with Gasteiger partial charge in [0.1, 0.15) is 12.4 Å². The number of allylic oxidation sites excluding steroid dienone is 2. The minimum atomic E-state index is -0.287. The molecule has 1 heterocycles. The minimum absolute atomic E-state index is 0.259. The first kappa shape index (κ1) is 20.7. The molecule has 6 heteroatoms. The van der Waals surface area contributed by atoms with Crippen molar-refractivity contribution in [2.75, 3.05) is 6.26 Å². The van der Waals surface area contributed by atoms with E-state index in [2.05, 4.69) is 16.2 Å². The molecule has 3 rings (SSSR count). The van der Waals surface area contributed by atoms with Crippen LogP contribution in [0.4, 0.5) is 4.39 Å². The Hall–Kier alpha value is -2.05. The van der Waals surface area contributed by atoms with Crippen LogP contribution >= 0.6 is 24.0 Å². The summed E-state index contributed by atoms with van der Waals surface area (Å²) >= 11 is 7.44. The summed E-state index contributed by atoms with van der Waals surface area (Å²) in [6.45, 7) is 0.303. The molecule has 1 saturated carbocycles. The molecular weight excluding hydrogens is 391 g/mol. The number of benzene rings is 1. The van der Waals surface area contributed by atoms with Crippen LogP contribution in [-0.4, -0.2) is 21.7 Å². The first-order valence-electron chi connectivity index (χ1n) is 9.25. The van der Waals surface area contributed by atoms with Crippen molar-refractivity contribution in [3.63, 3.8) is 0 Å². The Kier molecular flexibility index (Phi) is 7.34. The Morgan fingerprint density at radius 3 is 2.86 bits per heavy atom. The van der Waals surface area contributed by atoms with E-state index < -0.39 is 0 Å². The predicted molar refractivity (Wildman–Crippen MR) is 118 cm³/mol. The molecule has 0 spiro atoms. The standard InChI is InChI=1S/C22H23FN2OS2/c1-28-21(27)22(19-6-4-13-24-15-19)12-3-2-5-18(22)11-14-25-26-16-17-7-9-20(23)10-8-17/h4,6-11,13-15H,2-3,5,12,16H2,1H3/b18-11+,25-14+. The molecule has 1 aliphatic rings. The Labute approximate surface area is 175 Å². The quantitative estimate of drug-likeness (QED) is 0.337. The van der Waals surface area contributed by atoms with E-state index in [0.29, 0.717) is 6.61 Å². The molecule has 2 aromatic rings. The van der Waals surface area contributed by atoms with Crippen LogP contribution in [-0.2, 0) is 16.9 Å². The number of nitrogens with zero attached hydrogens (tertiary/aromatic N) is 2. The molecule has 0 saturated heterocycles. The minimum Gasteiger partial charge on any atom is -0.391 e. The topological polar surface area (TPSA) is 34.5 Å². The van der Waals surface area contributed by atoms with Crippen molar-refractivity contribution in [1.29, 1.82) is 0 Å². The Morgan fingerprint density at radius 1 is 1.32 bits per heavy atom. The van der Waals surface area contributed by atoms with E-state index in [-0.39, 0.29) is 11.2 Å². The fourth-order valence-electron chi connectivity index (χ4n) is 3.63. The number of halogens is 1. The highest BCUT2D eigenvalue weighted by atomic mass is 32.2. The van der Waals surface area contributed by atoms with Crippen molar-refractivity contribution in [2.24, 2.45) is 5.16 Å².